The Morgan fingerprint density at radius 3 is 2.52 bits per heavy atom. The second kappa shape index (κ2) is 7.40. The molecule has 21 heavy (non-hydrogen) atoms. The normalized spacial score (nSPS) is 12.6. The first-order chi connectivity index (χ1) is 10.0. The number of nitrogens with zero attached hydrogens (tertiary/aromatic N) is 2. The first-order valence-electron chi connectivity index (χ1n) is 6.96. The Morgan fingerprint density at radius 1 is 1.33 bits per heavy atom. The van der Waals surface area contributed by atoms with E-state index >= 15 is 0 Å². The highest BCUT2D eigenvalue weighted by Crippen LogP contribution is 2.23. The highest BCUT2D eigenvalue weighted by molar-refractivity contribution is 9.10. The van der Waals surface area contributed by atoms with Crippen LogP contribution in [-0.4, -0.2) is 15.8 Å². The zero-order valence-corrected chi connectivity index (χ0v) is 14.6. The molecular weight excluding hydrogens is 352 g/mol. The fraction of sp³-hybridized carbons (Fsp3) is 0.400. The van der Waals surface area contributed by atoms with Gasteiger partial charge in [0.1, 0.15) is 0 Å². The fourth-order valence-corrected chi connectivity index (χ4v) is 3.27. The molecule has 0 saturated heterocycles. The molecule has 0 spiro atoms. The summed E-state index contributed by atoms with van der Waals surface area (Å²) in [6, 6.07) is 8.01. The molecule has 0 amide bonds. The molecule has 2 aromatic rings. The summed E-state index contributed by atoms with van der Waals surface area (Å²) in [6.07, 6.45) is 2.56. The zero-order valence-electron chi connectivity index (χ0n) is 12.2. The van der Waals surface area contributed by atoms with Gasteiger partial charge >= 0.3 is 0 Å². The Morgan fingerprint density at radius 2 is 2.00 bits per heavy atom. The smallest absolute Gasteiger partial charge is 0.0766 e. The molecule has 1 heterocycles. The summed E-state index contributed by atoms with van der Waals surface area (Å²) in [5.41, 5.74) is 6.34. The summed E-state index contributed by atoms with van der Waals surface area (Å²) in [5.74, 6) is 5.72. The van der Waals surface area contributed by atoms with E-state index in [4.69, 9.17) is 17.4 Å². The molecule has 1 atom stereocenters. The average Bonchev–Trinajstić information content (AvgIpc) is 2.75. The van der Waals surface area contributed by atoms with Gasteiger partial charge in [0.2, 0.25) is 0 Å². The number of hydrazine groups is 1. The second-order valence-electron chi connectivity index (χ2n) is 5.08. The van der Waals surface area contributed by atoms with Gasteiger partial charge in [0, 0.05) is 24.5 Å². The zero-order chi connectivity index (χ0) is 15.4. The minimum absolute atomic E-state index is 0.141. The van der Waals surface area contributed by atoms with Crippen LogP contribution in [0.15, 0.2) is 28.7 Å². The maximum atomic E-state index is 5.91. The van der Waals surface area contributed by atoms with Gasteiger partial charge in [-0.1, -0.05) is 30.7 Å². The summed E-state index contributed by atoms with van der Waals surface area (Å²) in [7, 11) is 1.97. The van der Waals surface area contributed by atoms with Gasteiger partial charge in [-0.05, 0) is 46.5 Å². The third kappa shape index (κ3) is 4.07. The van der Waals surface area contributed by atoms with Crippen molar-refractivity contribution in [3.63, 3.8) is 0 Å². The van der Waals surface area contributed by atoms with Gasteiger partial charge < -0.3 is 0 Å². The number of nitrogens with one attached hydrogen (secondary N) is 1. The molecule has 0 aliphatic heterocycles. The van der Waals surface area contributed by atoms with Gasteiger partial charge in [-0.2, -0.15) is 5.10 Å². The Kier molecular flexibility index (Phi) is 5.81. The molecule has 0 aliphatic rings. The maximum Gasteiger partial charge on any atom is 0.0766 e. The highest BCUT2D eigenvalue weighted by atomic mass is 79.9. The summed E-state index contributed by atoms with van der Waals surface area (Å²) in [5, 5.41) is 5.27. The molecular formula is C15H20BrClN4. The Bertz CT molecular complexity index is 594. The molecule has 0 radical (unpaired) electrons. The molecule has 0 bridgehead atoms. The predicted molar refractivity (Wildman–Crippen MR) is 90.3 cm³/mol. The van der Waals surface area contributed by atoms with Crippen molar-refractivity contribution in [1.82, 2.24) is 15.2 Å². The van der Waals surface area contributed by atoms with E-state index in [1.165, 1.54) is 5.56 Å². The number of hydrogen-bond acceptors (Lipinski definition) is 3. The van der Waals surface area contributed by atoms with Crippen LogP contribution in [0.25, 0.3) is 0 Å². The summed E-state index contributed by atoms with van der Waals surface area (Å²) in [4.78, 5) is 0. The third-order valence-corrected chi connectivity index (χ3v) is 4.74. The van der Waals surface area contributed by atoms with Gasteiger partial charge in [-0.3, -0.25) is 16.0 Å². The average molecular weight is 372 g/mol. The molecule has 1 unspecified atom stereocenters. The van der Waals surface area contributed by atoms with Crippen LogP contribution in [0.3, 0.4) is 0 Å². The molecule has 0 saturated carbocycles. The lowest BCUT2D eigenvalue weighted by atomic mass is 10.0. The lowest BCUT2D eigenvalue weighted by molar-refractivity contribution is 0.504. The van der Waals surface area contributed by atoms with Gasteiger partial charge in [-0.15, -0.1) is 0 Å². The molecule has 0 fully saturated rings. The van der Waals surface area contributed by atoms with Gasteiger partial charge in [-0.25, -0.2) is 0 Å². The van der Waals surface area contributed by atoms with E-state index < -0.39 is 0 Å². The molecule has 2 rings (SSSR count). The van der Waals surface area contributed by atoms with Crippen molar-refractivity contribution in [1.29, 1.82) is 0 Å². The van der Waals surface area contributed by atoms with Crippen LogP contribution in [0.5, 0.6) is 0 Å². The van der Waals surface area contributed by atoms with Crippen LogP contribution in [0.4, 0.5) is 0 Å². The van der Waals surface area contributed by atoms with E-state index in [1.807, 2.05) is 36.0 Å². The molecule has 0 aliphatic carbocycles. The van der Waals surface area contributed by atoms with Crippen molar-refractivity contribution >= 4 is 27.5 Å². The summed E-state index contributed by atoms with van der Waals surface area (Å²) >= 11 is 9.56. The Labute approximate surface area is 138 Å². The number of nitrogens with two attached hydrogens (primary N) is 1. The summed E-state index contributed by atoms with van der Waals surface area (Å²) < 4.78 is 3.01. The minimum Gasteiger partial charge on any atom is -0.271 e. The van der Waals surface area contributed by atoms with Crippen molar-refractivity contribution in [3.05, 3.63) is 50.7 Å². The largest absolute Gasteiger partial charge is 0.271 e. The standard InChI is InChI=1S/C15H20BrClN4/c1-3-13-15(16)14(21(2)20-13)9-12(19-18)8-10-4-6-11(17)7-5-10/h4-7,12,19H,3,8-9,18H2,1-2H3. The van der Waals surface area contributed by atoms with Crippen molar-refractivity contribution in [2.24, 2.45) is 12.9 Å². The number of hydrogen-bond donors (Lipinski definition) is 2. The van der Waals surface area contributed by atoms with Gasteiger partial charge in [0.05, 0.1) is 15.9 Å². The number of benzene rings is 1. The second-order valence-corrected chi connectivity index (χ2v) is 6.31. The number of halogens is 2. The third-order valence-electron chi connectivity index (χ3n) is 3.57. The van der Waals surface area contributed by atoms with E-state index in [2.05, 4.69) is 33.4 Å². The van der Waals surface area contributed by atoms with Crippen LogP contribution >= 0.6 is 27.5 Å². The lowest BCUT2D eigenvalue weighted by Crippen LogP contribution is -2.39. The van der Waals surface area contributed by atoms with Crippen LogP contribution < -0.4 is 11.3 Å². The molecule has 1 aromatic heterocycles. The topological polar surface area (TPSA) is 55.9 Å². The van der Waals surface area contributed by atoms with E-state index in [9.17, 15) is 0 Å². The summed E-state index contributed by atoms with van der Waals surface area (Å²) in [6.45, 7) is 2.10. The lowest BCUT2D eigenvalue weighted by Gasteiger charge is -2.16. The van der Waals surface area contributed by atoms with Crippen molar-refractivity contribution in [2.45, 2.75) is 32.2 Å². The molecule has 1 aromatic carbocycles. The fourth-order valence-electron chi connectivity index (χ4n) is 2.37. The first kappa shape index (κ1) is 16.5. The highest BCUT2D eigenvalue weighted by Gasteiger charge is 2.17. The molecule has 3 N–H and O–H groups in total. The Hall–Kier alpha value is -0.880. The molecule has 6 heteroatoms. The number of aryl methyl sites for hydroxylation is 2. The van der Waals surface area contributed by atoms with Gasteiger partial charge in [0.15, 0.2) is 0 Å². The van der Waals surface area contributed by atoms with E-state index in [0.717, 1.165) is 40.1 Å². The minimum atomic E-state index is 0.141. The quantitative estimate of drug-likeness (QED) is 0.606. The van der Waals surface area contributed by atoms with E-state index in [-0.39, 0.29) is 6.04 Å². The Balaban J connectivity index is 2.12. The first-order valence-corrected chi connectivity index (χ1v) is 8.13. The van der Waals surface area contributed by atoms with Gasteiger partial charge in [0.25, 0.3) is 0 Å². The van der Waals surface area contributed by atoms with E-state index in [1.54, 1.807) is 0 Å². The van der Waals surface area contributed by atoms with Crippen molar-refractivity contribution in [2.75, 3.05) is 0 Å². The number of aromatic nitrogens is 2. The molecule has 114 valence electrons. The predicted octanol–water partition coefficient (Wildman–Crippen LogP) is 3.02. The van der Waals surface area contributed by atoms with Crippen molar-refractivity contribution in [3.8, 4) is 0 Å². The van der Waals surface area contributed by atoms with Crippen LogP contribution in [0.1, 0.15) is 23.9 Å². The number of rotatable bonds is 6. The van der Waals surface area contributed by atoms with E-state index in [0.29, 0.717) is 0 Å². The van der Waals surface area contributed by atoms with Crippen molar-refractivity contribution < 1.29 is 0 Å². The monoisotopic (exact) mass is 370 g/mol. The van der Waals surface area contributed by atoms with Crippen LogP contribution in [0.2, 0.25) is 5.02 Å². The SMILES string of the molecule is CCc1nn(C)c(CC(Cc2ccc(Cl)cc2)NN)c1Br. The molecule has 4 nitrogen and oxygen atoms in total. The maximum absolute atomic E-state index is 5.91. The van der Waals surface area contributed by atoms with Crippen LogP contribution in [-0.2, 0) is 26.3 Å². The van der Waals surface area contributed by atoms with Crippen LogP contribution in [0, 0.1) is 0 Å².